The molecular formula is C51H32N2S. The molecule has 0 radical (unpaired) electrons. The van der Waals surface area contributed by atoms with Crippen molar-refractivity contribution in [2.45, 2.75) is 0 Å². The first-order chi connectivity index (χ1) is 28.9. The standard InChI is InChI=1S/C51H32N2S/c1-3-14-33(15-4-1)36-30-31-40-43(32-36)49(42-21-13-25-47-50(42)41-20-9-12-24-46(41)54-47)39-19-8-7-18-38(39)48(40)34-26-28-35(29-27-34)51-52-44-22-10-11-23-45(44)53(51)37-16-5-2-6-17-37/h1-32H/i2D,5D,6D,16D,17D. The number of benzene rings is 9. The monoisotopic (exact) mass is 709 g/mol. The predicted octanol–water partition coefficient (Wildman–Crippen LogP) is 14.4. The zero-order chi connectivity index (χ0) is 39.9. The van der Waals surface area contributed by atoms with Gasteiger partial charge in [-0.1, -0.05) is 152 Å². The molecule has 2 aromatic heterocycles. The zero-order valence-electron chi connectivity index (χ0n) is 33.9. The third-order valence-corrected chi connectivity index (χ3v) is 11.6. The summed E-state index contributed by atoms with van der Waals surface area (Å²) in [6, 6.07) is 55.4. The molecule has 252 valence electrons. The van der Waals surface area contributed by atoms with Crippen LogP contribution in [0, 0.1) is 0 Å². The summed E-state index contributed by atoms with van der Waals surface area (Å²) in [6.45, 7) is 0. The molecule has 54 heavy (non-hydrogen) atoms. The Bertz CT molecular complexity index is 3470. The van der Waals surface area contributed by atoms with Crippen LogP contribution < -0.4 is 0 Å². The van der Waals surface area contributed by atoms with Crippen molar-refractivity contribution in [3.63, 3.8) is 0 Å². The first-order valence-corrected chi connectivity index (χ1v) is 18.8. The molecule has 0 aliphatic carbocycles. The van der Waals surface area contributed by atoms with Crippen LogP contribution in [0.1, 0.15) is 6.85 Å². The number of hydrogen-bond donors (Lipinski definition) is 0. The predicted molar refractivity (Wildman–Crippen MR) is 231 cm³/mol. The Kier molecular flexibility index (Phi) is 5.98. The fourth-order valence-electron chi connectivity index (χ4n) is 8.16. The molecule has 0 bridgehead atoms. The van der Waals surface area contributed by atoms with Gasteiger partial charge in [0.05, 0.1) is 17.9 Å². The topological polar surface area (TPSA) is 17.8 Å². The van der Waals surface area contributed by atoms with E-state index in [1.807, 2.05) is 53.8 Å². The van der Waals surface area contributed by atoms with Crippen molar-refractivity contribution < 1.29 is 6.85 Å². The fraction of sp³-hybridized carbons (Fsp3) is 0. The number of nitrogens with zero attached hydrogens (tertiary/aromatic N) is 2. The Morgan fingerprint density at radius 3 is 1.94 bits per heavy atom. The summed E-state index contributed by atoms with van der Waals surface area (Å²) in [4.78, 5) is 4.98. The van der Waals surface area contributed by atoms with E-state index in [9.17, 15) is 0 Å². The second kappa shape index (κ2) is 12.4. The molecule has 0 fully saturated rings. The Labute approximate surface area is 323 Å². The highest BCUT2D eigenvalue weighted by Crippen LogP contribution is 2.48. The van der Waals surface area contributed by atoms with E-state index in [1.54, 1.807) is 4.57 Å². The molecule has 0 N–H and O–H groups in total. The fourth-order valence-corrected chi connectivity index (χ4v) is 9.29. The van der Waals surface area contributed by atoms with E-state index in [-0.39, 0.29) is 29.9 Å². The van der Waals surface area contributed by atoms with Crippen LogP contribution in [0.5, 0.6) is 0 Å². The number of fused-ring (bicyclic) bond motifs is 6. The second-order valence-electron chi connectivity index (χ2n) is 13.5. The average Bonchev–Trinajstić information content (AvgIpc) is 3.86. The van der Waals surface area contributed by atoms with Crippen LogP contribution >= 0.6 is 11.3 Å². The summed E-state index contributed by atoms with van der Waals surface area (Å²) < 4.78 is 47.0. The first kappa shape index (κ1) is 26.0. The van der Waals surface area contributed by atoms with Crippen LogP contribution in [-0.4, -0.2) is 9.55 Å². The SMILES string of the molecule is [2H]c1c([2H])c([2H])c(-n2c(-c3ccc(-c4c5ccccc5c(-c5cccc6sc7ccccc7c56)c5cc(-c6ccccc6)ccc45)cc3)nc3ccccc32)c([2H])c1[2H]. The third kappa shape index (κ3) is 4.83. The number of imidazole rings is 1. The van der Waals surface area contributed by atoms with Gasteiger partial charge in [0.15, 0.2) is 0 Å². The number of thiophene rings is 1. The van der Waals surface area contributed by atoms with Crippen molar-refractivity contribution in [1.29, 1.82) is 0 Å². The lowest BCUT2D eigenvalue weighted by atomic mass is 9.84. The maximum atomic E-state index is 8.85. The molecule has 0 aliphatic rings. The molecule has 2 heterocycles. The van der Waals surface area contributed by atoms with Crippen LogP contribution in [-0.2, 0) is 0 Å². The molecule has 0 spiro atoms. The number of hydrogen-bond acceptors (Lipinski definition) is 2. The van der Waals surface area contributed by atoms with E-state index in [0.29, 0.717) is 16.9 Å². The van der Waals surface area contributed by atoms with E-state index in [4.69, 9.17) is 11.8 Å². The van der Waals surface area contributed by atoms with Crippen molar-refractivity contribution in [3.05, 3.63) is 194 Å². The Balaban J connectivity index is 1.17. The highest BCUT2D eigenvalue weighted by molar-refractivity contribution is 7.25. The molecular weight excluding hydrogens is 673 g/mol. The highest BCUT2D eigenvalue weighted by Gasteiger charge is 2.21. The molecule has 0 saturated carbocycles. The molecule has 11 rings (SSSR count). The van der Waals surface area contributed by atoms with Gasteiger partial charge in [-0.3, -0.25) is 4.57 Å². The summed E-state index contributed by atoms with van der Waals surface area (Å²) in [7, 11) is 0. The molecule has 0 unspecified atom stereocenters. The lowest BCUT2D eigenvalue weighted by molar-refractivity contribution is 1.10. The summed E-state index contributed by atoms with van der Waals surface area (Å²) in [6.07, 6.45) is 0. The van der Waals surface area contributed by atoms with Crippen LogP contribution in [0.2, 0.25) is 0 Å². The smallest absolute Gasteiger partial charge is 0.145 e. The Morgan fingerprint density at radius 2 is 1.11 bits per heavy atom. The lowest BCUT2D eigenvalue weighted by Gasteiger charge is -2.19. The molecule has 0 saturated heterocycles. The third-order valence-electron chi connectivity index (χ3n) is 10.5. The lowest BCUT2D eigenvalue weighted by Crippen LogP contribution is -1.97. The van der Waals surface area contributed by atoms with Gasteiger partial charge >= 0.3 is 0 Å². The second-order valence-corrected chi connectivity index (χ2v) is 14.6. The molecule has 0 aliphatic heterocycles. The van der Waals surface area contributed by atoms with E-state index >= 15 is 0 Å². The normalized spacial score (nSPS) is 13.0. The summed E-state index contributed by atoms with van der Waals surface area (Å²) in [5, 5.41) is 7.12. The van der Waals surface area contributed by atoms with Gasteiger partial charge in [-0.2, -0.15) is 0 Å². The largest absolute Gasteiger partial charge is 0.292 e. The minimum absolute atomic E-state index is 0.0685. The van der Waals surface area contributed by atoms with Crippen LogP contribution in [0.25, 0.3) is 103 Å². The number of rotatable bonds is 5. The highest BCUT2D eigenvalue weighted by atomic mass is 32.1. The van der Waals surface area contributed by atoms with Crippen molar-refractivity contribution in [2.75, 3.05) is 0 Å². The Morgan fingerprint density at radius 1 is 0.463 bits per heavy atom. The maximum Gasteiger partial charge on any atom is 0.145 e. The molecule has 11 aromatic rings. The van der Waals surface area contributed by atoms with Gasteiger partial charge in [0, 0.05) is 31.4 Å². The molecule has 9 aromatic carbocycles. The Hall–Kier alpha value is -6.81. The van der Waals surface area contributed by atoms with E-state index in [2.05, 4.69) is 121 Å². The summed E-state index contributed by atoms with van der Waals surface area (Å²) >= 11 is 1.83. The summed E-state index contributed by atoms with van der Waals surface area (Å²) in [5.74, 6) is 0.491. The first-order valence-electron chi connectivity index (χ1n) is 20.5. The van der Waals surface area contributed by atoms with Crippen molar-refractivity contribution in [1.82, 2.24) is 9.55 Å². The number of para-hydroxylation sites is 3. The van der Waals surface area contributed by atoms with Crippen LogP contribution in [0.15, 0.2) is 194 Å². The molecule has 0 amide bonds. The van der Waals surface area contributed by atoms with Gasteiger partial charge in [-0.05, 0) is 97.3 Å². The van der Waals surface area contributed by atoms with Gasteiger partial charge < -0.3 is 0 Å². The van der Waals surface area contributed by atoms with Gasteiger partial charge in [0.25, 0.3) is 0 Å². The maximum absolute atomic E-state index is 8.85. The van der Waals surface area contributed by atoms with E-state index < -0.39 is 6.04 Å². The van der Waals surface area contributed by atoms with Crippen molar-refractivity contribution in [2.24, 2.45) is 0 Å². The van der Waals surface area contributed by atoms with Crippen molar-refractivity contribution >= 4 is 64.1 Å². The van der Waals surface area contributed by atoms with Crippen LogP contribution in [0.4, 0.5) is 0 Å². The van der Waals surface area contributed by atoms with Gasteiger partial charge in [0.2, 0.25) is 0 Å². The summed E-state index contributed by atoms with van der Waals surface area (Å²) in [5.41, 5.74) is 8.99. The average molecular weight is 710 g/mol. The minimum Gasteiger partial charge on any atom is -0.292 e. The van der Waals surface area contributed by atoms with Crippen LogP contribution in [0.3, 0.4) is 0 Å². The number of aromatic nitrogens is 2. The van der Waals surface area contributed by atoms with E-state index in [0.717, 1.165) is 49.4 Å². The van der Waals surface area contributed by atoms with E-state index in [1.165, 1.54) is 31.3 Å². The van der Waals surface area contributed by atoms with Gasteiger partial charge in [-0.15, -0.1) is 11.3 Å². The van der Waals surface area contributed by atoms with Gasteiger partial charge in [-0.25, -0.2) is 4.98 Å². The molecule has 3 heteroatoms. The quantitative estimate of drug-likeness (QED) is 0.163. The molecule has 2 nitrogen and oxygen atoms in total. The zero-order valence-corrected chi connectivity index (χ0v) is 29.7. The molecule has 0 atom stereocenters. The minimum atomic E-state index is -0.430. The van der Waals surface area contributed by atoms with Crippen molar-refractivity contribution in [3.8, 4) is 50.5 Å². The van der Waals surface area contributed by atoms with Gasteiger partial charge in [0.1, 0.15) is 5.82 Å².